The predicted molar refractivity (Wildman–Crippen MR) is 80.7 cm³/mol. The molecule has 0 saturated heterocycles. The van der Waals surface area contributed by atoms with Crippen LogP contribution in [0.1, 0.15) is 44.6 Å². The van der Waals surface area contributed by atoms with E-state index in [2.05, 4.69) is 12.2 Å². The van der Waals surface area contributed by atoms with Crippen LogP contribution in [0.3, 0.4) is 0 Å². The fourth-order valence-corrected chi connectivity index (χ4v) is 3.36. The smallest absolute Gasteiger partial charge is 0.168 e. The lowest BCUT2D eigenvalue weighted by Crippen LogP contribution is -2.38. The second-order valence-corrected chi connectivity index (χ2v) is 5.95. The summed E-state index contributed by atoms with van der Waals surface area (Å²) in [6.07, 6.45) is 7.03. The van der Waals surface area contributed by atoms with Gasteiger partial charge in [-0.15, -0.1) is 0 Å². The first-order valence-electron chi connectivity index (χ1n) is 7.73. The normalized spacial score (nSPS) is 17.9. The Kier molecular flexibility index (Phi) is 5.41. The molecular formula is C17H26FNO. The summed E-state index contributed by atoms with van der Waals surface area (Å²) >= 11 is 0. The van der Waals surface area contributed by atoms with E-state index < -0.39 is 0 Å². The van der Waals surface area contributed by atoms with Crippen LogP contribution >= 0.6 is 0 Å². The van der Waals surface area contributed by atoms with Crippen molar-refractivity contribution in [2.24, 2.45) is 5.41 Å². The van der Waals surface area contributed by atoms with E-state index in [0.29, 0.717) is 5.75 Å². The Morgan fingerprint density at radius 2 is 2.00 bits per heavy atom. The van der Waals surface area contributed by atoms with Gasteiger partial charge in [-0.25, -0.2) is 4.39 Å². The summed E-state index contributed by atoms with van der Waals surface area (Å²) in [6, 6.07) is 5.48. The molecule has 1 aliphatic carbocycles. The Bertz CT molecular complexity index is 427. The van der Waals surface area contributed by atoms with Crippen LogP contribution in [-0.2, 0) is 6.42 Å². The van der Waals surface area contributed by atoms with Crippen molar-refractivity contribution in [1.29, 1.82) is 0 Å². The van der Waals surface area contributed by atoms with Crippen molar-refractivity contribution in [3.8, 4) is 5.75 Å². The highest BCUT2D eigenvalue weighted by Crippen LogP contribution is 2.40. The maximum Gasteiger partial charge on any atom is 0.168 e. The molecule has 1 aromatic carbocycles. The average molecular weight is 279 g/mol. The number of benzene rings is 1. The Labute approximate surface area is 121 Å². The third-order valence-corrected chi connectivity index (χ3v) is 4.49. The number of nitrogens with one attached hydrogen (secondary N) is 1. The van der Waals surface area contributed by atoms with Crippen LogP contribution in [-0.4, -0.2) is 20.2 Å². The van der Waals surface area contributed by atoms with Crippen molar-refractivity contribution < 1.29 is 9.13 Å². The maximum absolute atomic E-state index is 14.4. The minimum Gasteiger partial charge on any atom is -0.494 e. The molecule has 0 bridgehead atoms. The molecule has 1 N–H and O–H groups in total. The third-order valence-electron chi connectivity index (χ3n) is 4.49. The van der Waals surface area contributed by atoms with Gasteiger partial charge in [0.25, 0.3) is 0 Å². The standard InChI is InChI=1S/C17H26FNO/c1-3-19-13-17(10-5-4-6-11-17)12-14-8-7-9-15(20-2)16(14)18/h7-9,19H,3-6,10-13H2,1-2H3. The zero-order valence-corrected chi connectivity index (χ0v) is 12.7. The largest absolute Gasteiger partial charge is 0.494 e. The van der Waals surface area contributed by atoms with E-state index >= 15 is 0 Å². The number of rotatable bonds is 6. The van der Waals surface area contributed by atoms with Gasteiger partial charge in [-0.2, -0.15) is 0 Å². The zero-order valence-electron chi connectivity index (χ0n) is 12.7. The fraction of sp³-hybridized carbons (Fsp3) is 0.647. The molecule has 2 nitrogen and oxygen atoms in total. The van der Waals surface area contributed by atoms with E-state index in [1.807, 2.05) is 12.1 Å². The second kappa shape index (κ2) is 7.07. The Balaban J connectivity index is 2.18. The van der Waals surface area contributed by atoms with Gasteiger partial charge in [0.1, 0.15) is 0 Å². The van der Waals surface area contributed by atoms with Crippen molar-refractivity contribution in [2.75, 3.05) is 20.2 Å². The summed E-state index contributed by atoms with van der Waals surface area (Å²) in [5, 5.41) is 3.47. The molecule has 2 rings (SSSR count). The van der Waals surface area contributed by atoms with Crippen LogP contribution < -0.4 is 10.1 Å². The molecule has 0 aliphatic heterocycles. The number of ether oxygens (including phenoxy) is 1. The van der Waals surface area contributed by atoms with E-state index in [1.54, 1.807) is 6.07 Å². The van der Waals surface area contributed by atoms with Gasteiger partial charge >= 0.3 is 0 Å². The molecule has 0 atom stereocenters. The highest BCUT2D eigenvalue weighted by Gasteiger charge is 2.32. The van der Waals surface area contributed by atoms with Gasteiger partial charge in [-0.1, -0.05) is 38.3 Å². The summed E-state index contributed by atoms with van der Waals surface area (Å²) in [6.45, 7) is 4.09. The number of hydrogen-bond acceptors (Lipinski definition) is 2. The van der Waals surface area contributed by atoms with Crippen LogP contribution in [0.5, 0.6) is 5.75 Å². The molecule has 1 aliphatic rings. The van der Waals surface area contributed by atoms with Gasteiger partial charge in [-0.3, -0.25) is 0 Å². The predicted octanol–water partition coefficient (Wildman–Crippen LogP) is 3.94. The summed E-state index contributed by atoms with van der Waals surface area (Å²) in [5.41, 5.74) is 1.01. The SMILES string of the molecule is CCNCC1(Cc2cccc(OC)c2F)CCCCC1. The first-order valence-corrected chi connectivity index (χ1v) is 7.73. The number of halogens is 1. The highest BCUT2D eigenvalue weighted by atomic mass is 19.1. The Morgan fingerprint density at radius 3 is 2.65 bits per heavy atom. The molecule has 1 aromatic rings. The first kappa shape index (κ1) is 15.3. The van der Waals surface area contributed by atoms with Crippen molar-refractivity contribution in [1.82, 2.24) is 5.32 Å². The molecule has 0 spiro atoms. The van der Waals surface area contributed by atoms with E-state index in [9.17, 15) is 4.39 Å². The number of methoxy groups -OCH3 is 1. The van der Waals surface area contributed by atoms with Crippen molar-refractivity contribution in [3.05, 3.63) is 29.6 Å². The molecule has 1 saturated carbocycles. The molecule has 0 radical (unpaired) electrons. The van der Waals surface area contributed by atoms with E-state index in [4.69, 9.17) is 4.74 Å². The Morgan fingerprint density at radius 1 is 1.25 bits per heavy atom. The van der Waals surface area contributed by atoms with Crippen LogP contribution in [0.4, 0.5) is 4.39 Å². The zero-order chi connectivity index (χ0) is 14.4. The van der Waals surface area contributed by atoms with Gasteiger partial charge in [0.2, 0.25) is 0 Å². The van der Waals surface area contributed by atoms with Crippen LogP contribution in [0.2, 0.25) is 0 Å². The van der Waals surface area contributed by atoms with Gasteiger partial charge < -0.3 is 10.1 Å². The molecule has 3 heteroatoms. The van der Waals surface area contributed by atoms with Crippen LogP contribution in [0.15, 0.2) is 18.2 Å². The topological polar surface area (TPSA) is 21.3 Å². The lowest BCUT2D eigenvalue weighted by Gasteiger charge is -2.38. The summed E-state index contributed by atoms with van der Waals surface area (Å²) in [5.74, 6) is 0.174. The third kappa shape index (κ3) is 3.51. The van der Waals surface area contributed by atoms with E-state index in [-0.39, 0.29) is 11.2 Å². The molecule has 112 valence electrons. The number of hydrogen-bond donors (Lipinski definition) is 1. The molecule has 0 amide bonds. The quantitative estimate of drug-likeness (QED) is 0.851. The second-order valence-electron chi connectivity index (χ2n) is 5.95. The van der Waals surface area contributed by atoms with Gasteiger partial charge in [0.05, 0.1) is 7.11 Å². The first-order chi connectivity index (χ1) is 9.71. The lowest BCUT2D eigenvalue weighted by atomic mass is 9.70. The summed E-state index contributed by atoms with van der Waals surface area (Å²) in [7, 11) is 1.53. The molecular weight excluding hydrogens is 253 g/mol. The van der Waals surface area contributed by atoms with Crippen molar-refractivity contribution in [2.45, 2.75) is 45.4 Å². The Hall–Kier alpha value is -1.09. The maximum atomic E-state index is 14.4. The minimum atomic E-state index is -0.184. The fourth-order valence-electron chi connectivity index (χ4n) is 3.36. The molecule has 0 heterocycles. The lowest BCUT2D eigenvalue weighted by molar-refractivity contribution is 0.180. The van der Waals surface area contributed by atoms with Crippen LogP contribution in [0.25, 0.3) is 0 Å². The van der Waals surface area contributed by atoms with Crippen LogP contribution in [0, 0.1) is 11.2 Å². The van der Waals surface area contributed by atoms with Gasteiger partial charge in [0, 0.05) is 6.54 Å². The van der Waals surface area contributed by atoms with Gasteiger partial charge in [0.15, 0.2) is 11.6 Å². The van der Waals surface area contributed by atoms with Crippen molar-refractivity contribution in [3.63, 3.8) is 0 Å². The van der Waals surface area contributed by atoms with Crippen molar-refractivity contribution >= 4 is 0 Å². The summed E-state index contributed by atoms with van der Waals surface area (Å²) in [4.78, 5) is 0. The monoisotopic (exact) mass is 279 g/mol. The van der Waals surface area contributed by atoms with E-state index in [1.165, 1.54) is 39.2 Å². The van der Waals surface area contributed by atoms with Gasteiger partial charge in [-0.05, 0) is 42.9 Å². The molecule has 0 unspecified atom stereocenters. The minimum absolute atomic E-state index is 0.184. The van der Waals surface area contributed by atoms with E-state index in [0.717, 1.165) is 25.1 Å². The molecule has 20 heavy (non-hydrogen) atoms. The molecule has 0 aromatic heterocycles. The highest BCUT2D eigenvalue weighted by molar-refractivity contribution is 5.31. The average Bonchev–Trinajstić information content (AvgIpc) is 2.48. The summed E-state index contributed by atoms with van der Waals surface area (Å²) < 4.78 is 19.5. The molecule has 1 fully saturated rings.